The molecule has 1 heterocycles. The first-order valence-corrected chi connectivity index (χ1v) is 7.60. The van der Waals surface area contributed by atoms with Gasteiger partial charge in [0.15, 0.2) is 0 Å². The zero-order valence-corrected chi connectivity index (χ0v) is 13.8. The highest BCUT2D eigenvalue weighted by Gasteiger charge is 2.14. The maximum atomic E-state index is 6.05. The maximum Gasteiger partial charge on any atom is 0.329 e. The summed E-state index contributed by atoms with van der Waals surface area (Å²) in [6, 6.07) is 4.13. The normalized spacial score (nSPS) is 11.9. The molecular formula is C16H28N5+. The van der Waals surface area contributed by atoms with E-state index in [4.69, 9.17) is 11.5 Å². The first kappa shape index (κ1) is 17.3. The van der Waals surface area contributed by atoms with E-state index < -0.39 is 0 Å². The lowest BCUT2D eigenvalue weighted by atomic mass is 10.1. The molecule has 1 atom stereocenters. The van der Waals surface area contributed by atoms with Crippen LogP contribution in [0.15, 0.2) is 12.1 Å². The van der Waals surface area contributed by atoms with Crippen LogP contribution in [0.25, 0.3) is 10.9 Å². The monoisotopic (exact) mass is 290 g/mol. The molecule has 0 aliphatic heterocycles. The molecule has 2 rings (SSSR count). The van der Waals surface area contributed by atoms with Crippen molar-refractivity contribution in [1.29, 1.82) is 0 Å². The van der Waals surface area contributed by atoms with Crippen LogP contribution in [0.3, 0.4) is 0 Å². The molecular weight excluding hydrogens is 262 g/mol. The number of hydrogen-bond acceptors (Lipinski definition) is 4. The summed E-state index contributed by atoms with van der Waals surface area (Å²) in [7, 11) is 2.04. The minimum Gasteiger partial charge on any atom is -0.383 e. The molecule has 1 aromatic carbocycles. The molecule has 5 N–H and O–H groups in total. The summed E-state index contributed by atoms with van der Waals surface area (Å²) in [6.07, 6.45) is 0.945. The van der Waals surface area contributed by atoms with Crippen molar-refractivity contribution >= 4 is 22.7 Å². The van der Waals surface area contributed by atoms with E-state index in [-0.39, 0.29) is 0 Å². The molecule has 0 aliphatic carbocycles. The average Bonchev–Trinajstić information content (AvgIpc) is 2.48. The van der Waals surface area contributed by atoms with E-state index in [1.54, 1.807) is 0 Å². The van der Waals surface area contributed by atoms with Crippen molar-refractivity contribution in [3.8, 4) is 0 Å². The fourth-order valence-corrected chi connectivity index (χ4v) is 2.08. The number of anilines is 1. The van der Waals surface area contributed by atoms with Crippen molar-refractivity contribution in [2.45, 2.75) is 34.1 Å². The van der Waals surface area contributed by atoms with E-state index in [2.05, 4.69) is 35.9 Å². The molecule has 2 aromatic rings. The van der Waals surface area contributed by atoms with Crippen LogP contribution in [0, 0.1) is 13.8 Å². The molecule has 0 spiro atoms. The van der Waals surface area contributed by atoms with Crippen molar-refractivity contribution in [1.82, 2.24) is 9.97 Å². The topological polar surface area (TPSA) is 82.3 Å². The zero-order chi connectivity index (χ0) is 16.0. The molecule has 21 heavy (non-hydrogen) atoms. The van der Waals surface area contributed by atoms with Gasteiger partial charge >= 0.3 is 5.95 Å². The molecule has 0 bridgehead atoms. The summed E-state index contributed by atoms with van der Waals surface area (Å²) in [5.74, 6) is 1.29. The number of nitrogens with zero attached hydrogens (tertiary/aromatic N) is 2. The summed E-state index contributed by atoms with van der Waals surface area (Å²) in [5, 5.41) is 0.929. The smallest absolute Gasteiger partial charge is 0.329 e. The van der Waals surface area contributed by atoms with Gasteiger partial charge in [0.25, 0.3) is 0 Å². The number of nitrogens with one attached hydrogen (secondary N) is 1. The number of hydrogen-bond donors (Lipinski definition) is 3. The number of benzene rings is 1. The van der Waals surface area contributed by atoms with Crippen molar-refractivity contribution in [2.75, 3.05) is 25.9 Å². The fourth-order valence-electron chi connectivity index (χ4n) is 2.08. The Hall–Kier alpha value is -1.72. The van der Waals surface area contributed by atoms with Gasteiger partial charge in [-0.1, -0.05) is 13.8 Å². The molecule has 0 aliphatic rings. The van der Waals surface area contributed by atoms with E-state index in [0.717, 1.165) is 34.7 Å². The van der Waals surface area contributed by atoms with Gasteiger partial charge in [-0.2, -0.15) is 9.97 Å². The minimum atomic E-state index is 0.551. The van der Waals surface area contributed by atoms with Gasteiger partial charge in [-0.15, -0.1) is 0 Å². The highest BCUT2D eigenvalue weighted by molar-refractivity contribution is 5.89. The predicted octanol–water partition coefficient (Wildman–Crippen LogP) is 1.35. The largest absolute Gasteiger partial charge is 0.383 e. The molecule has 5 nitrogen and oxygen atoms in total. The van der Waals surface area contributed by atoms with Crippen LogP contribution in [-0.4, -0.2) is 30.1 Å². The van der Waals surface area contributed by atoms with Gasteiger partial charge in [0.05, 0.1) is 19.1 Å². The number of rotatable bonds is 4. The third kappa shape index (κ3) is 4.12. The number of fused-ring (bicyclic) bond motifs is 1. The number of nitrogen functional groups attached to an aromatic ring is 1. The summed E-state index contributed by atoms with van der Waals surface area (Å²) in [6.45, 7) is 9.74. The Morgan fingerprint density at radius 3 is 2.33 bits per heavy atom. The van der Waals surface area contributed by atoms with Crippen molar-refractivity contribution in [2.24, 2.45) is 5.73 Å². The average molecular weight is 290 g/mol. The lowest BCUT2D eigenvalue weighted by Gasteiger charge is -2.12. The Balaban J connectivity index is 0.00000106. The Labute approximate surface area is 127 Å². The van der Waals surface area contributed by atoms with Gasteiger partial charge < -0.3 is 11.5 Å². The van der Waals surface area contributed by atoms with Crippen LogP contribution in [-0.2, 0) is 0 Å². The lowest BCUT2D eigenvalue weighted by Crippen LogP contribution is -3.04. The Morgan fingerprint density at radius 1 is 1.10 bits per heavy atom. The van der Waals surface area contributed by atoms with Crippen LogP contribution in [0.4, 0.5) is 11.8 Å². The predicted molar refractivity (Wildman–Crippen MR) is 89.9 cm³/mol. The molecule has 116 valence electrons. The van der Waals surface area contributed by atoms with Crippen LogP contribution in [0.5, 0.6) is 0 Å². The van der Waals surface area contributed by atoms with E-state index in [1.807, 2.05) is 20.9 Å². The van der Waals surface area contributed by atoms with Gasteiger partial charge in [0, 0.05) is 11.8 Å². The van der Waals surface area contributed by atoms with Crippen LogP contribution >= 0.6 is 0 Å². The van der Waals surface area contributed by atoms with Gasteiger partial charge in [0.2, 0.25) is 0 Å². The molecule has 1 aromatic heterocycles. The van der Waals surface area contributed by atoms with Gasteiger partial charge in [0.1, 0.15) is 5.82 Å². The second-order valence-electron chi connectivity index (χ2n) is 5.06. The van der Waals surface area contributed by atoms with Crippen LogP contribution in [0.2, 0.25) is 0 Å². The standard InChI is InChI=1S/C14H21N5.C2H6/c1-9-7-11-12(8-10(9)2)17-14(18-13(11)16)19(3)6-4-5-15;1-2/h7-8H,4-6,15H2,1-3H3,(H2,16,17,18);1-2H3/p+1. The maximum absolute atomic E-state index is 6.05. The van der Waals surface area contributed by atoms with Crippen LogP contribution < -0.4 is 16.4 Å². The van der Waals surface area contributed by atoms with Gasteiger partial charge in [-0.3, -0.25) is 4.90 Å². The first-order valence-electron chi connectivity index (χ1n) is 7.60. The summed E-state index contributed by atoms with van der Waals surface area (Å²) >= 11 is 0. The SMILES string of the molecule is CC.Cc1cc2nc([NH+](C)CCCN)nc(N)c2cc1C. The quantitative estimate of drug-likeness (QED) is 0.794. The summed E-state index contributed by atoms with van der Waals surface area (Å²) in [4.78, 5) is 10.2. The van der Waals surface area contributed by atoms with Crippen LogP contribution in [0.1, 0.15) is 31.4 Å². The third-order valence-electron chi connectivity index (χ3n) is 3.48. The molecule has 0 saturated carbocycles. The van der Waals surface area contributed by atoms with Crippen molar-refractivity contribution < 1.29 is 4.90 Å². The zero-order valence-electron chi connectivity index (χ0n) is 13.8. The second kappa shape index (κ2) is 7.90. The molecule has 0 radical (unpaired) electrons. The highest BCUT2D eigenvalue weighted by Crippen LogP contribution is 2.22. The van der Waals surface area contributed by atoms with E-state index >= 15 is 0 Å². The first-order chi connectivity index (χ1) is 10.0. The molecule has 0 fully saturated rings. The van der Waals surface area contributed by atoms with Crippen molar-refractivity contribution in [3.05, 3.63) is 23.3 Å². The molecule has 0 saturated heterocycles. The second-order valence-corrected chi connectivity index (χ2v) is 5.06. The minimum absolute atomic E-state index is 0.551. The Kier molecular flexibility index (Phi) is 6.52. The fraction of sp³-hybridized carbons (Fsp3) is 0.500. The molecule has 0 amide bonds. The summed E-state index contributed by atoms with van der Waals surface area (Å²) < 4.78 is 0. The van der Waals surface area contributed by atoms with Gasteiger partial charge in [-0.25, -0.2) is 0 Å². The molecule has 5 heteroatoms. The third-order valence-corrected chi connectivity index (χ3v) is 3.48. The van der Waals surface area contributed by atoms with E-state index in [1.165, 1.54) is 11.1 Å². The number of quaternary nitrogens is 1. The Morgan fingerprint density at radius 2 is 1.71 bits per heavy atom. The van der Waals surface area contributed by atoms with E-state index in [9.17, 15) is 0 Å². The summed E-state index contributed by atoms with van der Waals surface area (Å²) in [5.41, 5.74) is 14.9. The molecule has 1 unspecified atom stereocenters. The number of nitrogens with two attached hydrogens (primary N) is 2. The van der Waals surface area contributed by atoms with E-state index in [0.29, 0.717) is 12.4 Å². The Bertz CT molecular complexity index is 595. The number of aromatic nitrogens is 2. The number of aryl methyl sites for hydroxylation is 2. The lowest BCUT2D eigenvalue weighted by molar-refractivity contribution is -0.815. The van der Waals surface area contributed by atoms with Crippen molar-refractivity contribution in [3.63, 3.8) is 0 Å². The highest BCUT2D eigenvalue weighted by atomic mass is 15.2. The van der Waals surface area contributed by atoms with Gasteiger partial charge in [-0.05, 0) is 43.7 Å².